The maximum Gasteiger partial charge on any atom is 0.298 e. The van der Waals surface area contributed by atoms with Gasteiger partial charge in [-0.1, -0.05) is 30.3 Å². The van der Waals surface area contributed by atoms with Gasteiger partial charge in [0.15, 0.2) is 5.58 Å². The Morgan fingerprint density at radius 3 is 2.75 bits per heavy atom. The van der Waals surface area contributed by atoms with E-state index in [1.807, 2.05) is 30.1 Å². The number of nitrogens with zero attached hydrogens (tertiary/aromatic N) is 2. The number of aromatic nitrogens is 1. The molecule has 3 rings (SSSR count). The molecule has 0 unspecified atom stereocenters. The molecule has 102 valence electrons. The second-order valence-corrected chi connectivity index (χ2v) is 4.88. The Morgan fingerprint density at radius 1 is 1.15 bits per heavy atom. The highest BCUT2D eigenvalue weighted by atomic mass is 16.4. The van der Waals surface area contributed by atoms with Gasteiger partial charge >= 0.3 is 0 Å². The summed E-state index contributed by atoms with van der Waals surface area (Å²) in [5, 5.41) is 0. The van der Waals surface area contributed by atoms with E-state index in [2.05, 4.69) is 29.2 Å². The summed E-state index contributed by atoms with van der Waals surface area (Å²) < 4.78 is 5.73. The van der Waals surface area contributed by atoms with E-state index >= 15 is 0 Å². The minimum atomic E-state index is 0.626. The van der Waals surface area contributed by atoms with Gasteiger partial charge < -0.3 is 15.1 Å². The lowest BCUT2D eigenvalue weighted by atomic mass is 10.1. The van der Waals surface area contributed by atoms with Gasteiger partial charge in [0.25, 0.3) is 6.01 Å². The molecule has 0 atom stereocenters. The minimum Gasteiger partial charge on any atom is -0.423 e. The van der Waals surface area contributed by atoms with Crippen molar-refractivity contribution < 1.29 is 4.42 Å². The number of likely N-dealkylation sites (N-methyl/N-ethyl adjacent to an activating group) is 1. The number of nitrogen functional groups attached to an aromatic ring is 1. The Morgan fingerprint density at radius 2 is 1.95 bits per heavy atom. The van der Waals surface area contributed by atoms with Gasteiger partial charge in [-0.2, -0.15) is 4.98 Å². The molecule has 0 saturated carbocycles. The van der Waals surface area contributed by atoms with Gasteiger partial charge in [-0.05, 0) is 24.1 Å². The summed E-state index contributed by atoms with van der Waals surface area (Å²) in [4.78, 5) is 6.49. The van der Waals surface area contributed by atoms with Gasteiger partial charge in [0, 0.05) is 25.3 Å². The second-order valence-electron chi connectivity index (χ2n) is 4.88. The summed E-state index contributed by atoms with van der Waals surface area (Å²) in [5.41, 5.74) is 9.30. The lowest BCUT2D eigenvalue weighted by Gasteiger charge is -2.13. The van der Waals surface area contributed by atoms with Crippen LogP contribution < -0.4 is 10.6 Å². The zero-order chi connectivity index (χ0) is 13.9. The third kappa shape index (κ3) is 2.59. The zero-order valence-corrected chi connectivity index (χ0v) is 11.4. The highest BCUT2D eigenvalue weighted by Crippen LogP contribution is 2.23. The highest BCUT2D eigenvalue weighted by Gasteiger charge is 2.10. The Labute approximate surface area is 117 Å². The van der Waals surface area contributed by atoms with E-state index in [4.69, 9.17) is 10.2 Å². The molecule has 0 fully saturated rings. The smallest absolute Gasteiger partial charge is 0.298 e. The molecule has 1 heterocycles. The van der Waals surface area contributed by atoms with Crippen molar-refractivity contribution in [3.05, 3.63) is 54.1 Å². The fraction of sp³-hybridized carbons (Fsp3) is 0.188. The van der Waals surface area contributed by atoms with Crippen molar-refractivity contribution in [3.63, 3.8) is 0 Å². The third-order valence-corrected chi connectivity index (χ3v) is 3.31. The lowest BCUT2D eigenvalue weighted by Crippen LogP contribution is -2.20. The molecule has 2 N–H and O–H groups in total. The first-order valence-electron chi connectivity index (χ1n) is 6.63. The Bertz CT molecular complexity index is 706. The molecule has 0 radical (unpaired) electrons. The summed E-state index contributed by atoms with van der Waals surface area (Å²) >= 11 is 0. The molecular formula is C16H17N3O. The van der Waals surface area contributed by atoms with Crippen molar-refractivity contribution in [1.82, 2.24) is 4.98 Å². The molecule has 0 spiro atoms. The van der Waals surface area contributed by atoms with E-state index in [-0.39, 0.29) is 0 Å². The van der Waals surface area contributed by atoms with Crippen molar-refractivity contribution in [2.45, 2.75) is 6.42 Å². The maximum absolute atomic E-state index is 5.74. The Hall–Kier alpha value is -2.49. The molecule has 0 saturated heterocycles. The maximum atomic E-state index is 5.74. The molecule has 0 amide bonds. The topological polar surface area (TPSA) is 55.3 Å². The van der Waals surface area contributed by atoms with Crippen molar-refractivity contribution in [1.29, 1.82) is 0 Å². The standard InChI is InChI=1S/C16H17N3O/c1-19(10-9-12-5-3-2-4-6-12)16-18-14-8-7-13(17)11-15(14)20-16/h2-8,11H,9-10,17H2,1H3. The monoisotopic (exact) mass is 267 g/mol. The van der Waals surface area contributed by atoms with Crippen LogP contribution in [0.15, 0.2) is 52.9 Å². The van der Waals surface area contributed by atoms with E-state index in [1.165, 1.54) is 5.56 Å². The molecule has 4 heteroatoms. The molecule has 2 aromatic carbocycles. The van der Waals surface area contributed by atoms with Crippen LogP contribution in [0.25, 0.3) is 11.1 Å². The van der Waals surface area contributed by atoms with Gasteiger partial charge in [0.2, 0.25) is 0 Å². The number of hydrogen-bond acceptors (Lipinski definition) is 4. The fourth-order valence-corrected chi connectivity index (χ4v) is 2.13. The number of nitrogens with two attached hydrogens (primary N) is 1. The Kier molecular flexibility index (Phi) is 3.29. The SMILES string of the molecule is CN(CCc1ccccc1)c1nc2ccc(N)cc2o1. The van der Waals surface area contributed by atoms with Gasteiger partial charge in [0.05, 0.1) is 0 Å². The number of benzene rings is 2. The molecular weight excluding hydrogens is 250 g/mol. The van der Waals surface area contributed by atoms with Crippen molar-refractivity contribution in [3.8, 4) is 0 Å². The van der Waals surface area contributed by atoms with Crippen LogP contribution in [0.4, 0.5) is 11.7 Å². The van der Waals surface area contributed by atoms with Crippen LogP contribution >= 0.6 is 0 Å². The summed E-state index contributed by atoms with van der Waals surface area (Å²) in [6.07, 6.45) is 0.957. The molecule has 1 aromatic heterocycles. The lowest BCUT2D eigenvalue weighted by molar-refractivity contribution is 0.583. The first-order valence-corrected chi connectivity index (χ1v) is 6.63. The van der Waals surface area contributed by atoms with Crippen LogP contribution in [0.3, 0.4) is 0 Å². The van der Waals surface area contributed by atoms with Crippen molar-refractivity contribution >= 4 is 22.8 Å². The van der Waals surface area contributed by atoms with Crippen LogP contribution in [0.5, 0.6) is 0 Å². The molecule has 0 aliphatic heterocycles. The van der Waals surface area contributed by atoms with Crippen molar-refractivity contribution in [2.75, 3.05) is 24.2 Å². The summed E-state index contributed by atoms with van der Waals surface area (Å²) in [6, 6.07) is 16.5. The van der Waals surface area contributed by atoms with Crippen LogP contribution in [-0.4, -0.2) is 18.6 Å². The summed E-state index contributed by atoms with van der Waals surface area (Å²) in [7, 11) is 1.98. The number of hydrogen-bond donors (Lipinski definition) is 1. The van der Waals surface area contributed by atoms with Gasteiger partial charge in [-0.15, -0.1) is 0 Å². The van der Waals surface area contributed by atoms with E-state index in [0.29, 0.717) is 11.7 Å². The first kappa shape index (κ1) is 12.5. The zero-order valence-electron chi connectivity index (χ0n) is 11.4. The summed E-state index contributed by atoms with van der Waals surface area (Å²) in [6.45, 7) is 0.853. The van der Waals surface area contributed by atoms with Crippen LogP contribution in [-0.2, 0) is 6.42 Å². The number of fused-ring (bicyclic) bond motifs is 1. The fourth-order valence-electron chi connectivity index (χ4n) is 2.13. The van der Waals surface area contributed by atoms with Gasteiger partial charge in [-0.25, -0.2) is 0 Å². The predicted molar refractivity (Wildman–Crippen MR) is 81.8 cm³/mol. The highest BCUT2D eigenvalue weighted by molar-refractivity contribution is 5.78. The average Bonchev–Trinajstić information content (AvgIpc) is 2.89. The molecule has 20 heavy (non-hydrogen) atoms. The molecule has 0 aliphatic rings. The normalized spacial score (nSPS) is 10.8. The molecule has 0 aliphatic carbocycles. The van der Waals surface area contributed by atoms with E-state index in [1.54, 1.807) is 6.07 Å². The summed E-state index contributed by atoms with van der Waals surface area (Å²) in [5.74, 6) is 0. The van der Waals surface area contributed by atoms with Crippen LogP contribution in [0, 0.1) is 0 Å². The van der Waals surface area contributed by atoms with Crippen LogP contribution in [0.2, 0.25) is 0 Å². The van der Waals surface area contributed by atoms with E-state index in [0.717, 1.165) is 24.1 Å². The minimum absolute atomic E-state index is 0.626. The Balaban J connectivity index is 1.73. The third-order valence-electron chi connectivity index (χ3n) is 3.31. The predicted octanol–water partition coefficient (Wildman–Crippen LogP) is 3.09. The van der Waals surface area contributed by atoms with Crippen molar-refractivity contribution in [2.24, 2.45) is 0 Å². The quantitative estimate of drug-likeness (QED) is 0.738. The van der Waals surface area contributed by atoms with E-state index < -0.39 is 0 Å². The van der Waals surface area contributed by atoms with E-state index in [9.17, 15) is 0 Å². The number of anilines is 2. The largest absolute Gasteiger partial charge is 0.423 e. The molecule has 4 nitrogen and oxygen atoms in total. The van der Waals surface area contributed by atoms with Crippen LogP contribution in [0.1, 0.15) is 5.56 Å². The molecule has 3 aromatic rings. The number of oxazole rings is 1. The average molecular weight is 267 g/mol. The van der Waals surface area contributed by atoms with Gasteiger partial charge in [-0.3, -0.25) is 0 Å². The second kappa shape index (κ2) is 5.25. The number of rotatable bonds is 4. The molecule has 0 bridgehead atoms. The van der Waals surface area contributed by atoms with Gasteiger partial charge in [0.1, 0.15) is 5.52 Å². The first-order chi connectivity index (χ1) is 9.72.